The lowest BCUT2D eigenvalue weighted by Crippen LogP contribution is -2.63. The van der Waals surface area contributed by atoms with E-state index >= 15 is 0 Å². The molecular weight excluding hydrogens is 226 g/mol. The normalized spacial score (nSPS) is 23.9. The van der Waals surface area contributed by atoms with E-state index in [0.717, 1.165) is 50.1 Å². The van der Waals surface area contributed by atoms with Crippen LogP contribution in [-0.4, -0.2) is 61.7 Å². The van der Waals surface area contributed by atoms with Crippen molar-refractivity contribution in [3.63, 3.8) is 0 Å². The molecule has 0 aliphatic carbocycles. The van der Waals surface area contributed by atoms with Crippen LogP contribution < -0.4 is 5.32 Å². The summed E-state index contributed by atoms with van der Waals surface area (Å²) >= 11 is 0. The zero-order chi connectivity index (χ0) is 13.4. The molecule has 0 bridgehead atoms. The zero-order valence-electron chi connectivity index (χ0n) is 12.3. The SMILES string of the molecule is CCN(CC)[N+](CC)(CC=O)CC1CCCNC1. The third kappa shape index (κ3) is 3.77. The summed E-state index contributed by atoms with van der Waals surface area (Å²) in [7, 11) is 0. The van der Waals surface area contributed by atoms with Gasteiger partial charge in [-0.1, -0.05) is 0 Å². The number of aldehydes is 1. The Kier molecular flexibility index (Phi) is 6.82. The van der Waals surface area contributed by atoms with E-state index in [1.807, 2.05) is 0 Å². The van der Waals surface area contributed by atoms with Crippen LogP contribution in [0.2, 0.25) is 0 Å². The number of nitrogens with one attached hydrogen (secondary N) is 1. The summed E-state index contributed by atoms with van der Waals surface area (Å²) in [6.07, 6.45) is 3.67. The molecule has 1 rings (SSSR count). The van der Waals surface area contributed by atoms with Crippen molar-refractivity contribution in [3.05, 3.63) is 0 Å². The molecule has 1 aliphatic heterocycles. The van der Waals surface area contributed by atoms with E-state index in [1.165, 1.54) is 12.8 Å². The summed E-state index contributed by atoms with van der Waals surface area (Å²) in [5.41, 5.74) is 0. The third-order valence-corrected chi connectivity index (χ3v) is 4.33. The lowest BCUT2D eigenvalue weighted by Gasteiger charge is -2.46. The molecule has 0 spiro atoms. The van der Waals surface area contributed by atoms with Gasteiger partial charge in [-0.15, -0.1) is 0 Å². The Bertz CT molecular complexity index is 237. The Morgan fingerprint density at radius 3 is 2.50 bits per heavy atom. The maximum absolute atomic E-state index is 11.1. The van der Waals surface area contributed by atoms with Crippen LogP contribution >= 0.6 is 0 Å². The number of quaternary nitrogens is 1. The maximum atomic E-state index is 11.1. The molecule has 2 atom stereocenters. The van der Waals surface area contributed by atoms with E-state index in [2.05, 4.69) is 31.1 Å². The second-order valence-corrected chi connectivity index (χ2v) is 5.29. The van der Waals surface area contributed by atoms with E-state index in [1.54, 1.807) is 0 Å². The first-order valence-electron chi connectivity index (χ1n) is 7.48. The Labute approximate surface area is 112 Å². The minimum atomic E-state index is 0.620. The summed E-state index contributed by atoms with van der Waals surface area (Å²) in [5, 5.41) is 5.92. The van der Waals surface area contributed by atoms with Crippen LogP contribution in [0.4, 0.5) is 0 Å². The summed E-state index contributed by atoms with van der Waals surface area (Å²) in [4.78, 5) is 11.1. The van der Waals surface area contributed by atoms with Gasteiger partial charge in [0.05, 0.1) is 6.54 Å². The number of nitrogens with zero attached hydrogens (tertiary/aromatic N) is 2. The lowest BCUT2D eigenvalue weighted by molar-refractivity contribution is -1.03. The topological polar surface area (TPSA) is 32.3 Å². The highest BCUT2D eigenvalue weighted by Crippen LogP contribution is 2.20. The van der Waals surface area contributed by atoms with Gasteiger partial charge in [-0.25, -0.2) is 4.59 Å². The number of likely N-dealkylation sites (N-methyl/N-ethyl adjacent to an activating group) is 1. The number of hydrogen-bond acceptors (Lipinski definition) is 3. The smallest absolute Gasteiger partial charge is 0.176 e. The summed E-state index contributed by atoms with van der Waals surface area (Å²) in [6, 6.07) is 0. The summed E-state index contributed by atoms with van der Waals surface area (Å²) in [5.74, 6) is 0.708. The number of hydrogen-bond donors (Lipinski definition) is 1. The predicted molar refractivity (Wildman–Crippen MR) is 75.1 cm³/mol. The first kappa shape index (κ1) is 15.6. The largest absolute Gasteiger partial charge is 0.316 e. The van der Waals surface area contributed by atoms with Gasteiger partial charge < -0.3 is 5.32 Å². The molecule has 2 unspecified atom stereocenters. The van der Waals surface area contributed by atoms with Crippen LogP contribution in [-0.2, 0) is 4.79 Å². The average Bonchev–Trinajstić information content (AvgIpc) is 2.41. The highest BCUT2D eigenvalue weighted by atomic mass is 16.1. The molecule has 18 heavy (non-hydrogen) atoms. The van der Waals surface area contributed by atoms with Crippen molar-refractivity contribution in [1.29, 1.82) is 0 Å². The van der Waals surface area contributed by atoms with Crippen LogP contribution in [0.3, 0.4) is 0 Å². The van der Waals surface area contributed by atoms with Crippen LogP contribution in [0.1, 0.15) is 33.6 Å². The van der Waals surface area contributed by atoms with Gasteiger partial charge in [0, 0.05) is 25.6 Å². The van der Waals surface area contributed by atoms with E-state index in [9.17, 15) is 4.79 Å². The van der Waals surface area contributed by atoms with Gasteiger partial charge in [0.25, 0.3) is 0 Å². The average molecular weight is 256 g/mol. The van der Waals surface area contributed by atoms with E-state index in [-0.39, 0.29) is 0 Å². The Hall–Kier alpha value is -0.450. The monoisotopic (exact) mass is 256 g/mol. The number of piperidine rings is 1. The minimum absolute atomic E-state index is 0.620. The second kappa shape index (κ2) is 7.87. The number of rotatable bonds is 8. The molecule has 1 fully saturated rings. The van der Waals surface area contributed by atoms with Gasteiger partial charge in [0.1, 0.15) is 6.54 Å². The van der Waals surface area contributed by atoms with Crippen molar-refractivity contribution in [2.45, 2.75) is 33.6 Å². The highest BCUT2D eigenvalue weighted by molar-refractivity contribution is 5.50. The van der Waals surface area contributed by atoms with Gasteiger partial charge in [-0.3, -0.25) is 4.79 Å². The Morgan fingerprint density at radius 2 is 2.06 bits per heavy atom. The van der Waals surface area contributed by atoms with Crippen molar-refractivity contribution in [2.75, 3.05) is 45.8 Å². The van der Waals surface area contributed by atoms with Crippen LogP contribution in [0, 0.1) is 5.92 Å². The Morgan fingerprint density at radius 1 is 1.33 bits per heavy atom. The molecule has 106 valence electrons. The minimum Gasteiger partial charge on any atom is -0.316 e. The van der Waals surface area contributed by atoms with E-state index < -0.39 is 0 Å². The lowest BCUT2D eigenvalue weighted by atomic mass is 9.98. The van der Waals surface area contributed by atoms with Crippen molar-refractivity contribution in [2.24, 2.45) is 5.92 Å². The summed E-state index contributed by atoms with van der Waals surface area (Å²) in [6.45, 7) is 13.6. The molecule has 0 amide bonds. The molecule has 0 aromatic rings. The van der Waals surface area contributed by atoms with Crippen LogP contribution in [0.25, 0.3) is 0 Å². The molecule has 0 aromatic carbocycles. The number of carbonyl (C=O) groups excluding carboxylic acids is 1. The fourth-order valence-corrected chi connectivity index (χ4v) is 3.29. The first-order valence-corrected chi connectivity index (χ1v) is 7.48. The van der Waals surface area contributed by atoms with Crippen LogP contribution in [0.5, 0.6) is 0 Å². The molecule has 4 nitrogen and oxygen atoms in total. The van der Waals surface area contributed by atoms with E-state index in [4.69, 9.17) is 0 Å². The van der Waals surface area contributed by atoms with Gasteiger partial charge in [0.15, 0.2) is 12.8 Å². The van der Waals surface area contributed by atoms with Crippen molar-refractivity contribution >= 4 is 6.29 Å². The molecule has 1 heterocycles. The molecule has 1 N–H and O–H groups in total. The first-order chi connectivity index (χ1) is 8.72. The molecule has 4 heteroatoms. The standard InChI is InChI=1S/C14H30N3O/c1-4-16(5-2)17(6-3,10-11-18)13-14-8-7-9-15-12-14/h11,14-15H,4-10,12-13H2,1-3H3/q+1. The molecule has 1 saturated heterocycles. The second-order valence-electron chi connectivity index (χ2n) is 5.29. The maximum Gasteiger partial charge on any atom is 0.176 e. The van der Waals surface area contributed by atoms with Gasteiger partial charge in [-0.05, 0) is 40.2 Å². The predicted octanol–water partition coefficient (Wildman–Crippen LogP) is 1.28. The molecule has 0 saturated carbocycles. The fraction of sp³-hybridized carbons (Fsp3) is 0.929. The molecule has 1 aliphatic rings. The molecular formula is C14H30N3O+. The quantitative estimate of drug-likeness (QED) is 0.403. The fourth-order valence-electron chi connectivity index (χ4n) is 3.29. The van der Waals surface area contributed by atoms with Crippen molar-refractivity contribution in [3.8, 4) is 0 Å². The van der Waals surface area contributed by atoms with E-state index in [0.29, 0.717) is 12.5 Å². The number of carbonyl (C=O) groups is 1. The van der Waals surface area contributed by atoms with Crippen molar-refractivity contribution < 1.29 is 9.39 Å². The van der Waals surface area contributed by atoms with Crippen molar-refractivity contribution in [1.82, 2.24) is 10.3 Å². The zero-order valence-corrected chi connectivity index (χ0v) is 12.3. The highest BCUT2D eigenvalue weighted by Gasteiger charge is 2.35. The molecule has 0 radical (unpaired) electrons. The van der Waals surface area contributed by atoms with Gasteiger partial charge in [-0.2, -0.15) is 5.01 Å². The van der Waals surface area contributed by atoms with Crippen LogP contribution in [0.15, 0.2) is 0 Å². The van der Waals surface area contributed by atoms with Gasteiger partial charge in [0.2, 0.25) is 0 Å². The third-order valence-electron chi connectivity index (χ3n) is 4.33. The van der Waals surface area contributed by atoms with Gasteiger partial charge >= 0.3 is 0 Å². The Balaban J connectivity index is 2.76. The molecule has 0 aromatic heterocycles. The summed E-state index contributed by atoms with van der Waals surface area (Å²) < 4.78 is 0.836.